The highest BCUT2D eigenvalue weighted by Crippen LogP contribution is 2.24. The van der Waals surface area contributed by atoms with Gasteiger partial charge < -0.3 is 0 Å². The van der Waals surface area contributed by atoms with Gasteiger partial charge in [-0.2, -0.15) is 13.2 Å². The van der Waals surface area contributed by atoms with Crippen LogP contribution in [0.3, 0.4) is 0 Å². The lowest BCUT2D eigenvalue weighted by atomic mass is 10.1. The second-order valence-corrected chi connectivity index (χ2v) is 2.55. The third-order valence-electron chi connectivity index (χ3n) is 1.52. The maximum Gasteiger partial charge on any atom is 0.429 e. The summed E-state index contributed by atoms with van der Waals surface area (Å²) in [5, 5.41) is 0. The summed E-state index contributed by atoms with van der Waals surface area (Å²) in [7, 11) is 0. The van der Waals surface area contributed by atoms with Crippen molar-refractivity contribution in [2.75, 3.05) is 0 Å². The molecule has 4 heteroatoms. The fourth-order valence-corrected chi connectivity index (χ4v) is 0.848. The summed E-state index contributed by atoms with van der Waals surface area (Å²) >= 11 is 0. The summed E-state index contributed by atoms with van der Waals surface area (Å²) in [6.07, 6.45) is -2.46. The molecule has 0 radical (unpaired) electrons. The first-order valence-corrected chi connectivity index (χ1v) is 3.29. The molecule has 1 rings (SSSR count). The van der Waals surface area contributed by atoms with Crippen molar-refractivity contribution in [1.82, 2.24) is 0 Å². The zero-order valence-corrected chi connectivity index (χ0v) is 6.07. The summed E-state index contributed by atoms with van der Waals surface area (Å²) < 4.78 is 35.7. The second-order valence-electron chi connectivity index (χ2n) is 2.55. The first-order valence-electron chi connectivity index (χ1n) is 3.29. The Hall–Kier alpha value is -0.800. The van der Waals surface area contributed by atoms with Crippen LogP contribution in [0.25, 0.3) is 0 Å². The van der Waals surface area contributed by atoms with Gasteiger partial charge >= 0.3 is 6.18 Å². The van der Waals surface area contributed by atoms with Crippen LogP contribution in [0.2, 0.25) is 0 Å². The largest absolute Gasteiger partial charge is 0.429 e. The van der Waals surface area contributed by atoms with Crippen molar-refractivity contribution in [3.05, 3.63) is 11.8 Å². The molecular formula is C7H8F3N. The highest BCUT2D eigenvalue weighted by molar-refractivity contribution is 5.90. The summed E-state index contributed by atoms with van der Waals surface area (Å²) in [6.45, 7) is 1.77. The van der Waals surface area contributed by atoms with Crippen molar-refractivity contribution in [3.8, 4) is 0 Å². The topological polar surface area (TPSA) is 12.4 Å². The van der Waals surface area contributed by atoms with Crippen LogP contribution < -0.4 is 0 Å². The van der Waals surface area contributed by atoms with Crippen LogP contribution in [0.15, 0.2) is 16.8 Å². The van der Waals surface area contributed by atoms with Crippen molar-refractivity contribution in [1.29, 1.82) is 0 Å². The fraction of sp³-hybridized carbons (Fsp3) is 0.571. The molecule has 0 N–H and O–H groups in total. The lowest BCUT2D eigenvalue weighted by Crippen LogP contribution is -2.23. The number of hydrogen-bond donors (Lipinski definition) is 0. The number of rotatable bonds is 0. The Morgan fingerprint density at radius 3 is 2.36 bits per heavy atom. The van der Waals surface area contributed by atoms with Gasteiger partial charge in [0, 0.05) is 6.20 Å². The molecule has 0 saturated heterocycles. The highest BCUT2D eigenvalue weighted by Gasteiger charge is 2.35. The SMILES string of the molecule is CC1=CN=C(C(F)(F)F)CC1. The van der Waals surface area contributed by atoms with E-state index in [4.69, 9.17) is 0 Å². The number of hydrogen-bond acceptors (Lipinski definition) is 1. The van der Waals surface area contributed by atoms with Gasteiger partial charge in [0.2, 0.25) is 0 Å². The zero-order chi connectivity index (χ0) is 8.48. The number of allylic oxidation sites excluding steroid dienone is 1. The van der Waals surface area contributed by atoms with Gasteiger partial charge in [-0.15, -0.1) is 0 Å². The lowest BCUT2D eigenvalue weighted by molar-refractivity contribution is -0.0605. The Morgan fingerprint density at radius 2 is 2.00 bits per heavy atom. The number of aliphatic imine (C=N–C) groups is 1. The van der Waals surface area contributed by atoms with E-state index >= 15 is 0 Å². The molecule has 0 aromatic heterocycles. The molecule has 0 fully saturated rings. The average Bonchev–Trinajstić information content (AvgIpc) is 1.86. The van der Waals surface area contributed by atoms with Crippen LogP contribution >= 0.6 is 0 Å². The van der Waals surface area contributed by atoms with Crippen LogP contribution in [-0.2, 0) is 0 Å². The summed E-state index contributed by atoms with van der Waals surface area (Å²) in [5.74, 6) is 0. The van der Waals surface area contributed by atoms with E-state index < -0.39 is 11.9 Å². The first-order chi connectivity index (χ1) is 5.00. The second kappa shape index (κ2) is 2.68. The third kappa shape index (κ3) is 2.06. The van der Waals surface area contributed by atoms with Crippen molar-refractivity contribution >= 4 is 5.71 Å². The molecule has 0 bridgehead atoms. The van der Waals surface area contributed by atoms with Gasteiger partial charge in [-0.3, -0.25) is 4.99 Å². The molecule has 1 aliphatic heterocycles. The van der Waals surface area contributed by atoms with Crippen molar-refractivity contribution < 1.29 is 13.2 Å². The van der Waals surface area contributed by atoms with E-state index in [1.54, 1.807) is 6.92 Å². The molecule has 0 aromatic rings. The summed E-state index contributed by atoms with van der Waals surface area (Å²) in [5.41, 5.74) is 0.237. The Morgan fingerprint density at radius 1 is 1.36 bits per heavy atom. The predicted molar refractivity (Wildman–Crippen MR) is 36.5 cm³/mol. The van der Waals surface area contributed by atoms with Crippen LogP contribution in [0.5, 0.6) is 0 Å². The quantitative estimate of drug-likeness (QED) is 0.520. The van der Waals surface area contributed by atoms with Gasteiger partial charge in [-0.1, -0.05) is 5.57 Å². The van der Waals surface area contributed by atoms with Gasteiger partial charge in [0.1, 0.15) is 5.71 Å². The Bertz CT molecular complexity index is 212. The van der Waals surface area contributed by atoms with E-state index in [9.17, 15) is 13.2 Å². The van der Waals surface area contributed by atoms with E-state index in [0.29, 0.717) is 6.42 Å². The maximum atomic E-state index is 11.9. The minimum Gasteiger partial charge on any atom is -0.256 e. The normalized spacial score (nSPS) is 19.3. The molecule has 11 heavy (non-hydrogen) atoms. The molecule has 1 nitrogen and oxygen atoms in total. The Kier molecular flexibility index (Phi) is 2.02. The fourth-order valence-electron chi connectivity index (χ4n) is 0.848. The van der Waals surface area contributed by atoms with Crippen LogP contribution in [-0.4, -0.2) is 11.9 Å². The van der Waals surface area contributed by atoms with Gasteiger partial charge in [0.25, 0.3) is 0 Å². The van der Waals surface area contributed by atoms with Gasteiger partial charge in [0.15, 0.2) is 0 Å². The highest BCUT2D eigenvalue weighted by atomic mass is 19.4. The molecule has 0 spiro atoms. The van der Waals surface area contributed by atoms with E-state index in [2.05, 4.69) is 4.99 Å². The lowest BCUT2D eigenvalue weighted by Gasteiger charge is -2.12. The van der Waals surface area contributed by atoms with Crippen molar-refractivity contribution in [2.45, 2.75) is 25.9 Å². The Labute approximate surface area is 62.6 Å². The molecule has 0 unspecified atom stereocenters. The van der Waals surface area contributed by atoms with E-state index in [0.717, 1.165) is 5.57 Å². The predicted octanol–water partition coefficient (Wildman–Crippen LogP) is 2.69. The van der Waals surface area contributed by atoms with Crippen LogP contribution in [0.1, 0.15) is 19.8 Å². The number of halogens is 3. The molecule has 1 heterocycles. The minimum atomic E-state index is -4.24. The van der Waals surface area contributed by atoms with E-state index in [-0.39, 0.29) is 6.42 Å². The molecular weight excluding hydrogens is 155 g/mol. The molecule has 0 saturated carbocycles. The number of nitrogens with zero attached hydrogens (tertiary/aromatic N) is 1. The third-order valence-corrected chi connectivity index (χ3v) is 1.52. The van der Waals surface area contributed by atoms with Gasteiger partial charge in [0.05, 0.1) is 0 Å². The van der Waals surface area contributed by atoms with Crippen molar-refractivity contribution in [2.24, 2.45) is 4.99 Å². The average molecular weight is 163 g/mol. The van der Waals surface area contributed by atoms with Crippen molar-refractivity contribution in [3.63, 3.8) is 0 Å². The maximum absolute atomic E-state index is 11.9. The minimum absolute atomic E-state index is 0.0197. The number of alkyl halides is 3. The smallest absolute Gasteiger partial charge is 0.256 e. The molecule has 0 aliphatic carbocycles. The first kappa shape index (κ1) is 8.30. The Balaban J connectivity index is 2.77. The van der Waals surface area contributed by atoms with Gasteiger partial charge in [-0.25, -0.2) is 0 Å². The van der Waals surface area contributed by atoms with E-state index in [1.807, 2.05) is 0 Å². The molecule has 0 aromatic carbocycles. The van der Waals surface area contributed by atoms with Gasteiger partial charge in [-0.05, 0) is 19.8 Å². The standard InChI is InChI=1S/C7H8F3N/c1-5-2-3-6(11-4-5)7(8,9)10/h4H,2-3H2,1H3. The molecule has 0 atom stereocenters. The molecule has 62 valence electrons. The zero-order valence-electron chi connectivity index (χ0n) is 6.07. The molecule has 0 amide bonds. The monoisotopic (exact) mass is 163 g/mol. The van der Waals surface area contributed by atoms with Crippen LogP contribution in [0, 0.1) is 0 Å². The molecule has 1 aliphatic rings. The van der Waals surface area contributed by atoms with E-state index in [1.165, 1.54) is 6.20 Å². The summed E-state index contributed by atoms with van der Waals surface area (Å²) in [4.78, 5) is 3.31. The van der Waals surface area contributed by atoms with Crippen LogP contribution in [0.4, 0.5) is 13.2 Å². The summed E-state index contributed by atoms with van der Waals surface area (Å²) in [6, 6.07) is 0.